The minimum atomic E-state index is -3.41. The summed E-state index contributed by atoms with van der Waals surface area (Å²) in [6.45, 7) is 1.97. The largest absolute Gasteiger partial charge is 0.332 e. The summed E-state index contributed by atoms with van der Waals surface area (Å²) in [5.74, 6) is 0. The Balaban J connectivity index is 2.64. The molecule has 72 valence electrons. The molecular formula is C9H13O3P. The molecule has 1 N–H and O–H groups in total. The average molecular weight is 200 g/mol. The van der Waals surface area contributed by atoms with Crippen LogP contribution in [0.25, 0.3) is 0 Å². The zero-order chi connectivity index (χ0) is 9.73. The molecule has 0 saturated heterocycles. The van der Waals surface area contributed by atoms with Crippen LogP contribution in [0, 0.1) is 0 Å². The average Bonchev–Trinajstić information content (AvgIpc) is 2.04. The van der Waals surface area contributed by atoms with Crippen LogP contribution < -0.4 is 0 Å². The Morgan fingerprint density at radius 2 is 2.00 bits per heavy atom. The van der Waals surface area contributed by atoms with Crippen LogP contribution in [-0.2, 0) is 15.3 Å². The summed E-state index contributed by atoms with van der Waals surface area (Å²) in [6.07, 6.45) is 0.0850. The Hall–Kier alpha value is -0.630. The Morgan fingerprint density at radius 3 is 2.54 bits per heavy atom. The molecule has 1 rings (SSSR count). The van der Waals surface area contributed by atoms with Gasteiger partial charge in [0.1, 0.15) is 0 Å². The van der Waals surface area contributed by atoms with Crippen LogP contribution in [0.1, 0.15) is 12.5 Å². The van der Waals surface area contributed by atoms with Crippen LogP contribution >= 0.6 is 7.60 Å². The van der Waals surface area contributed by atoms with Crippen molar-refractivity contribution >= 4 is 7.60 Å². The highest BCUT2D eigenvalue weighted by molar-refractivity contribution is 7.51. The first-order valence-electron chi connectivity index (χ1n) is 4.14. The second kappa shape index (κ2) is 4.56. The maximum atomic E-state index is 11.3. The summed E-state index contributed by atoms with van der Waals surface area (Å²) in [5, 5.41) is 0. The molecule has 0 fully saturated rings. The minimum Gasteiger partial charge on any atom is -0.324 e. The fraction of sp³-hybridized carbons (Fsp3) is 0.333. The van der Waals surface area contributed by atoms with Crippen molar-refractivity contribution in [1.29, 1.82) is 0 Å². The number of hydrogen-bond donors (Lipinski definition) is 1. The third-order valence-electron chi connectivity index (χ3n) is 1.56. The smallest absolute Gasteiger partial charge is 0.324 e. The monoisotopic (exact) mass is 200 g/mol. The van der Waals surface area contributed by atoms with E-state index in [1.165, 1.54) is 0 Å². The zero-order valence-corrected chi connectivity index (χ0v) is 8.41. The maximum Gasteiger partial charge on any atom is 0.332 e. The molecule has 0 saturated carbocycles. The predicted octanol–water partition coefficient (Wildman–Crippen LogP) is 2.41. The first kappa shape index (κ1) is 10.5. The van der Waals surface area contributed by atoms with E-state index in [1.807, 2.05) is 30.3 Å². The molecule has 0 bridgehead atoms. The Morgan fingerprint density at radius 1 is 1.38 bits per heavy atom. The van der Waals surface area contributed by atoms with Crippen LogP contribution in [0.2, 0.25) is 0 Å². The molecule has 0 aliphatic carbocycles. The lowest BCUT2D eigenvalue weighted by atomic mass is 10.2. The van der Waals surface area contributed by atoms with Crippen molar-refractivity contribution in [3.8, 4) is 0 Å². The molecule has 0 amide bonds. The van der Waals surface area contributed by atoms with E-state index in [2.05, 4.69) is 0 Å². The second-order valence-electron chi connectivity index (χ2n) is 2.70. The SMILES string of the molecule is CCOP(=O)(O)Cc1ccccc1. The van der Waals surface area contributed by atoms with Crippen LogP contribution in [-0.4, -0.2) is 11.5 Å². The summed E-state index contributed by atoms with van der Waals surface area (Å²) in [5.41, 5.74) is 0.821. The van der Waals surface area contributed by atoms with Gasteiger partial charge in [-0.1, -0.05) is 30.3 Å². The topological polar surface area (TPSA) is 46.5 Å². The molecule has 0 aliphatic heterocycles. The van der Waals surface area contributed by atoms with E-state index in [4.69, 9.17) is 4.52 Å². The van der Waals surface area contributed by atoms with Gasteiger partial charge in [0.25, 0.3) is 0 Å². The molecule has 0 spiro atoms. The molecule has 0 aromatic heterocycles. The summed E-state index contributed by atoms with van der Waals surface area (Å²) in [7, 11) is -3.41. The standard InChI is InChI=1S/C9H13O3P/c1-2-12-13(10,11)8-9-6-4-3-5-7-9/h3-7H,2,8H2,1H3,(H,10,11). The van der Waals surface area contributed by atoms with E-state index in [9.17, 15) is 9.46 Å². The van der Waals surface area contributed by atoms with E-state index in [1.54, 1.807) is 6.92 Å². The Bertz CT molecular complexity index is 297. The molecule has 0 radical (unpaired) electrons. The van der Waals surface area contributed by atoms with Crippen molar-refractivity contribution in [3.05, 3.63) is 35.9 Å². The predicted molar refractivity (Wildman–Crippen MR) is 51.6 cm³/mol. The van der Waals surface area contributed by atoms with E-state index in [-0.39, 0.29) is 12.8 Å². The van der Waals surface area contributed by atoms with Crippen LogP contribution in [0.4, 0.5) is 0 Å². The van der Waals surface area contributed by atoms with Gasteiger partial charge in [-0.05, 0) is 12.5 Å². The number of benzene rings is 1. The van der Waals surface area contributed by atoms with Gasteiger partial charge in [-0.3, -0.25) is 4.57 Å². The molecule has 13 heavy (non-hydrogen) atoms. The van der Waals surface area contributed by atoms with E-state index in [0.717, 1.165) is 5.56 Å². The third kappa shape index (κ3) is 3.73. The van der Waals surface area contributed by atoms with Crippen molar-refractivity contribution in [2.75, 3.05) is 6.61 Å². The van der Waals surface area contributed by atoms with Crippen LogP contribution in [0.15, 0.2) is 30.3 Å². The second-order valence-corrected chi connectivity index (χ2v) is 4.55. The van der Waals surface area contributed by atoms with Gasteiger partial charge in [0.15, 0.2) is 0 Å². The lowest BCUT2D eigenvalue weighted by molar-refractivity contribution is 0.272. The van der Waals surface area contributed by atoms with Gasteiger partial charge in [-0.25, -0.2) is 0 Å². The fourth-order valence-corrected chi connectivity index (χ4v) is 2.23. The third-order valence-corrected chi connectivity index (χ3v) is 2.98. The highest BCUT2D eigenvalue weighted by atomic mass is 31.2. The van der Waals surface area contributed by atoms with E-state index >= 15 is 0 Å². The van der Waals surface area contributed by atoms with Crippen molar-refractivity contribution in [3.63, 3.8) is 0 Å². The van der Waals surface area contributed by atoms with Gasteiger partial charge in [0.2, 0.25) is 0 Å². The Kier molecular flexibility index (Phi) is 3.67. The van der Waals surface area contributed by atoms with Crippen LogP contribution in [0.5, 0.6) is 0 Å². The van der Waals surface area contributed by atoms with E-state index in [0.29, 0.717) is 0 Å². The molecule has 4 heteroatoms. The number of rotatable bonds is 4. The lowest BCUT2D eigenvalue weighted by Gasteiger charge is -2.09. The minimum absolute atomic E-state index is 0.0850. The van der Waals surface area contributed by atoms with Gasteiger partial charge in [0, 0.05) is 0 Å². The van der Waals surface area contributed by atoms with Gasteiger partial charge in [-0.15, -0.1) is 0 Å². The molecule has 3 nitrogen and oxygen atoms in total. The van der Waals surface area contributed by atoms with Crippen molar-refractivity contribution in [2.24, 2.45) is 0 Å². The first-order chi connectivity index (χ1) is 6.14. The molecule has 1 atom stereocenters. The van der Waals surface area contributed by atoms with Crippen molar-refractivity contribution < 1.29 is 14.0 Å². The zero-order valence-electron chi connectivity index (χ0n) is 7.51. The molecule has 0 aliphatic rings. The van der Waals surface area contributed by atoms with Crippen molar-refractivity contribution in [2.45, 2.75) is 13.1 Å². The Labute approximate surface area is 77.9 Å². The summed E-state index contributed by atoms with van der Waals surface area (Å²) >= 11 is 0. The van der Waals surface area contributed by atoms with Gasteiger partial charge in [-0.2, -0.15) is 0 Å². The molecule has 1 aromatic rings. The number of hydrogen-bond acceptors (Lipinski definition) is 2. The normalized spacial score (nSPS) is 15.2. The van der Waals surface area contributed by atoms with E-state index < -0.39 is 7.60 Å². The summed E-state index contributed by atoms with van der Waals surface area (Å²) in [6, 6.07) is 9.15. The molecular weight excluding hydrogens is 187 g/mol. The van der Waals surface area contributed by atoms with Gasteiger partial charge >= 0.3 is 7.60 Å². The lowest BCUT2D eigenvalue weighted by Crippen LogP contribution is -1.92. The van der Waals surface area contributed by atoms with Crippen LogP contribution in [0.3, 0.4) is 0 Å². The highest BCUT2D eigenvalue weighted by Crippen LogP contribution is 2.45. The van der Waals surface area contributed by atoms with Crippen molar-refractivity contribution in [1.82, 2.24) is 0 Å². The molecule has 0 heterocycles. The van der Waals surface area contributed by atoms with Gasteiger partial charge in [0.05, 0.1) is 12.8 Å². The quantitative estimate of drug-likeness (QED) is 0.759. The molecule has 1 aromatic carbocycles. The summed E-state index contributed by atoms with van der Waals surface area (Å²) in [4.78, 5) is 9.30. The fourth-order valence-electron chi connectivity index (χ4n) is 1.06. The highest BCUT2D eigenvalue weighted by Gasteiger charge is 2.18. The van der Waals surface area contributed by atoms with Gasteiger partial charge < -0.3 is 9.42 Å². The molecule has 1 unspecified atom stereocenters. The maximum absolute atomic E-state index is 11.3. The summed E-state index contributed by atoms with van der Waals surface area (Å²) < 4.78 is 16.1. The first-order valence-corrected chi connectivity index (χ1v) is 5.90.